The molecule has 1 aliphatic rings. The van der Waals surface area contributed by atoms with Crippen LogP contribution in [-0.2, 0) is 20.9 Å². The van der Waals surface area contributed by atoms with Crippen LogP contribution in [0.15, 0.2) is 48.7 Å². The van der Waals surface area contributed by atoms with Crippen molar-refractivity contribution in [3.8, 4) is 0 Å². The number of carbonyl (C=O) groups excluding carboxylic acids is 2. The third-order valence-electron chi connectivity index (χ3n) is 5.27. The van der Waals surface area contributed by atoms with Gasteiger partial charge < -0.3 is 25.2 Å². The molecule has 0 saturated carbocycles. The van der Waals surface area contributed by atoms with Crippen molar-refractivity contribution >= 4 is 17.5 Å². The van der Waals surface area contributed by atoms with Gasteiger partial charge in [0, 0.05) is 31.5 Å². The Balaban J connectivity index is 1.61. The lowest BCUT2D eigenvalue weighted by Crippen LogP contribution is -3.15. The summed E-state index contributed by atoms with van der Waals surface area (Å²) in [5, 5.41) is 5.42. The number of amides is 2. The highest BCUT2D eigenvalue weighted by atomic mass is 16.5. The van der Waals surface area contributed by atoms with E-state index in [-0.39, 0.29) is 12.6 Å². The lowest BCUT2D eigenvalue weighted by Gasteiger charge is -2.32. The zero-order chi connectivity index (χ0) is 21.3. The summed E-state index contributed by atoms with van der Waals surface area (Å²) in [5.41, 5.74) is 2.95. The molecule has 2 aromatic rings. The van der Waals surface area contributed by atoms with Crippen molar-refractivity contribution in [2.24, 2.45) is 0 Å². The van der Waals surface area contributed by atoms with E-state index in [1.165, 1.54) is 4.90 Å². The van der Waals surface area contributed by atoms with Crippen molar-refractivity contribution in [2.45, 2.75) is 12.6 Å². The van der Waals surface area contributed by atoms with Gasteiger partial charge in [0.1, 0.15) is 19.1 Å². The van der Waals surface area contributed by atoms with Gasteiger partial charge in [0.2, 0.25) is 0 Å². The van der Waals surface area contributed by atoms with Gasteiger partial charge in [-0.15, -0.1) is 0 Å². The number of nitrogens with zero attached hydrogens (tertiary/aromatic N) is 2. The molecule has 1 atom stereocenters. The van der Waals surface area contributed by atoms with Gasteiger partial charge in [0.15, 0.2) is 0 Å². The zero-order valence-electron chi connectivity index (χ0n) is 17.6. The Bertz CT molecular complexity index is 820. The largest absolute Gasteiger partial charge is 0.378 e. The summed E-state index contributed by atoms with van der Waals surface area (Å²) in [4.78, 5) is 32.1. The van der Waals surface area contributed by atoms with Gasteiger partial charge in [-0.25, -0.2) is 0 Å². The Kier molecular flexibility index (Phi) is 7.75. The average molecular weight is 413 g/mol. The Morgan fingerprint density at radius 1 is 1.07 bits per heavy atom. The van der Waals surface area contributed by atoms with E-state index in [0.717, 1.165) is 24.3 Å². The highest BCUT2D eigenvalue weighted by molar-refractivity contribution is 6.35. The number of benzene rings is 1. The predicted octanol–water partition coefficient (Wildman–Crippen LogP) is -0.464. The molecule has 1 aromatic heterocycles. The molecule has 1 aliphatic heterocycles. The summed E-state index contributed by atoms with van der Waals surface area (Å²) in [7, 11) is 4.01. The molecule has 0 bridgehead atoms. The summed E-state index contributed by atoms with van der Waals surface area (Å²) in [6.45, 7) is 3.72. The summed E-state index contributed by atoms with van der Waals surface area (Å²) in [5.74, 6) is -1.28. The number of quaternary nitrogens is 1. The second-order valence-corrected chi connectivity index (χ2v) is 7.52. The second kappa shape index (κ2) is 10.7. The molecular weight excluding hydrogens is 382 g/mol. The molecule has 8 heteroatoms. The van der Waals surface area contributed by atoms with E-state index in [1.807, 2.05) is 25.1 Å². The fraction of sp³-hybridized carbons (Fsp3) is 0.409. The standard InChI is InChI=1S/C22H29N5O3/c1-26(2)19-8-6-17(7-9-19)20(27-11-13-30-14-12-27)16-25-22(29)21(28)24-15-18-5-3-4-10-23-18/h3-10,20H,11-16H2,1-2H3,(H,24,28)(H,25,29)/p+1/t20-/m0/s1. The van der Waals surface area contributed by atoms with Gasteiger partial charge in [-0.2, -0.15) is 0 Å². The number of hydrogen-bond donors (Lipinski definition) is 3. The Morgan fingerprint density at radius 3 is 2.40 bits per heavy atom. The monoisotopic (exact) mass is 412 g/mol. The molecule has 30 heavy (non-hydrogen) atoms. The lowest BCUT2D eigenvalue weighted by molar-refractivity contribution is -0.937. The van der Waals surface area contributed by atoms with Crippen LogP contribution in [0.2, 0.25) is 0 Å². The molecule has 0 radical (unpaired) electrons. The number of aromatic nitrogens is 1. The first kappa shape index (κ1) is 21.7. The first-order valence-electron chi connectivity index (χ1n) is 10.2. The van der Waals surface area contributed by atoms with Crippen molar-refractivity contribution in [3.05, 3.63) is 59.9 Å². The van der Waals surface area contributed by atoms with E-state index in [2.05, 4.69) is 39.9 Å². The maximum atomic E-state index is 12.3. The summed E-state index contributed by atoms with van der Waals surface area (Å²) in [6.07, 6.45) is 1.65. The van der Waals surface area contributed by atoms with Crippen molar-refractivity contribution < 1.29 is 19.2 Å². The molecule has 1 fully saturated rings. The van der Waals surface area contributed by atoms with Gasteiger partial charge in [0.05, 0.1) is 32.0 Å². The van der Waals surface area contributed by atoms with Crippen LogP contribution in [0.4, 0.5) is 5.69 Å². The van der Waals surface area contributed by atoms with Crippen LogP contribution >= 0.6 is 0 Å². The van der Waals surface area contributed by atoms with Crippen LogP contribution < -0.4 is 20.4 Å². The molecule has 2 amide bonds. The first-order valence-corrected chi connectivity index (χ1v) is 10.2. The molecule has 3 N–H and O–H groups in total. The maximum absolute atomic E-state index is 12.3. The minimum absolute atomic E-state index is 0.0534. The van der Waals surface area contributed by atoms with E-state index in [0.29, 0.717) is 25.5 Å². The number of pyridine rings is 1. The second-order valence-electron chi connectivity index (χ2n) is 7.52. The Hall–Kier alpha value is -2.97. The summed E-state index contributed by atoms with van der Waals surface area (Å²) in [6, 6.07) is 13.8. The normalized spacial score (nSPS) is 15.3. The molecule has 8 nitrogen and oxygen atoms in total. The summed E-state index contributed by atoms with van der Waals surface area (Å²) >= 11 is 0. The quantitative estimate of drug-likeness (QED) is 0.536. The fourth-order valence-corrected chi connectivity index (χ4v) is 3.51. The van der Waals surface area contributed by atoms with Gasteiger partial charge in [-0.05, 0) is 24.3 Å². The van der Waals surface area contributed by atoms with Crippen LogP contribution in [0.1, 0.15) is 17.3 Å². The first-order chi connectivity index (χ1) is 14.5. The van der Waals surface area contributed by atoms with Crippen LogP contribution in [0.25, 0.3) is 0 Å². The average Bonchev–Trinajstić information content (AvgIpc) is 2.79. The SMILES string of the molecule is CN(C)c1ccc([C@H](CNC(=O)C(=O)NCc2ccccn2)[NH+]2CCOCC2)cc1. The van der Waals surface area contributed by atoms with Crippen LogP contribution in [0.3, 0.4) is 0 Å². The topological polar surface area (TPSA) is 88.0 Å². The third-order valence-corrected chi connectivity index (χ3v) is 5.27. The molecule has 0 aliphatic carbocycles. The number of rotatable bonds is 7. The third kappa shape index (κ3) is 6.01. The van der Waals surface area contributed by atoms with Gasteiger partial charge in [-0.1, -0.05) is 18.2 Å². The smallest absolute Gasteiger partial charge is 0.309 e. The van der Waals surface area contributed by atoms with Crippen molar-refractivity contribution in [3.63, 3.8) is 0 Å². The number of nitrogens with one attached hydrogen (secondary N) is 3. The summed E-state index contributed by atoms with van der Waals surface area (Å²) < 4.78 is 5.49. The van der Waals surface area contributed by atoms with Crippen LogP contribution in [-0.4, -0.2) is 63.7 Å². The van der Waals surface area contributed by atoms with E-state index < -0.39 is 11.8 Å². The van der Waals surface area contributed by atoms with Gasteiger partial charge in [-0.3, -0.25) is 14.6 Å². The highest BCUT2D eigenvalue weighted by Gasteiger charge is 2.27. The van der Waals surface area contributed by atoms with E-state index in [1.54, 1.807) is 18.3 Å². The lowest BCUT2D eigenvalue weighted by atomic mass is 10.0. The molecule has 1 aromatic carbocycles. The van der Waals surface area contributed by atoms with Gasteiger partial charge >= 0.3 is 11.8 Å². The number of ether oxygens (including phenoxy) is 1. The number of hydrogen-bond acceptors (Lipinski definition) is 5. The molecule has 1 saturated heterocycles. The number of anilines is 1. The minimum atomic E-state index is -0.653. The Morgan fingerprint density at radius 2 is 1.77 bits per heavy atom. The van der Waals surface area contributed by atoms with Crippen LogP contribution in [0.5, 0.6) is 0 Å². The Labute approximate surface area is 177 Å². The fourth-order valence-electron chi connectivity index (χ4n) is 3.51. The van der Waals surface area contributed by atoms with Crippen molar-refractivity contribution in [2.75, 3.05) is 51.8 Å². The number of morpholine rings is 1. The van der Waals surface area contributed by atoms with Crippen LogP contribution in [0, 0.1) is 0 Å². The molecule has 3 rings (SSSR count). The molecule has 2 heterocycles. The van der Waals surface area contributed by atoms with E-state index in [4.69, 9.17) is 4.74 Å². The molecule has 0 unspecified atom stereocenters. The minimum Gasteiger partial charge on any atom is -0.378 e. The molecule has 0 spiro atoms. The van der Waals surface area contributed by atoms with Gasteiger partial charge in [0.25, 0.3) is 0 Å². The zero-order valence-corrected chi connectivity index (χ0v) is 17.6. The van der Waals surface area contributed by atoms with E-state index in [9.17, 15) is 9.59 Å². The van der Waals surface area contributed by atoms with Crippen molar-refractivity contribution in [1.82, 2.24) is 15.6 Å². The number of carbonyl (C=O) groups is 2. The maximum Gasteiger partial charge on any atom is 0.309 e. The predicted molar refractivity (Wildman–Crippen MR) is 114 cm³/mol. The van der Waals surface area contributed by atoms with E-state index >= 15 is 0 Å². The highest BCUT2D eigenvalue weighted by Crippen LogP contribution is 2.16. The molecular formula is C22H30N5O3+. The van der Waals surface area contributed by atoms with Crippen molar-refractivity contribution in [1.29, 1.82) is 0 Å². The molecule has 160 valence electrons.